The first kappa shape index (κ1) is 20.4. The summed E-state index contributed by atoms with van der Waals surface area (Å²) in [6.45, 7) is 0. The first-order valence-corrected chi connectivity index (χ1v) is 11.4. The summed E-state index contributed by atoms with van der Waals surface area (Å²) in [5, 5.41) is 16.8. The first-order chi connectivity index (χ1) is 15.5. The molecule has 0 aliphatic heterocycles. The number of thiazole rings is 2. The van der Waals surface area contributed by atoms with E-state index in [-0.39, 0.29) is 10.8 Å². The molecule has 0 aliphatic rings. The molecule has 0 aliphatic carbocycles. The predicted molar refractivity (Wildman–Crippen MR) is 127 cm³/mol. The highest BCUT2D eigenvalue weighted by molar-refractivity contribution is 9.10. The smallest absolute Gasteiger partial charge is 0.400 e. The summed E-state index contributed by atoms with van der Waals surface area (Å²) in [6, 6.07) is 15.6. The summed E-state index contributed by atoms with van der Waals surface area (Å²) < 4.78 is 7.73. The van der Waals surface area contributed by atoms with Crippen molar-refractivity contribution < 1.29 is 14.1 Å². The van der Waals surface area contributed by atoms with E-state index in [0.29, 0.717) is 16.2 Å². The third kappa shape index (κ3) is 3.90. The maximum absolute atomic E-state index is 13.4. The SMILES string of the molecule is O=C(c1nc2ccccc2s1)N(/N=C/c1ccc([N+](=O)[O-])o1)c1nc2ccc(Br)cc2s1. The number of benzene rings is 2. The van der Waals surface area contributed by atoms with Crippen LogP contribution in [0.25, 0.3) is 20.4 Å². The lowest BCUT2D eigenvalue weighted by molar-refractivity contribution is -0.402. The molecule has 0 bridgehead atoms. The number of rotatable bonds is 5. The van der Waals surface area contributed by atoms with Crippen LogP contribution in [0.4, 0.5) is 11.0 Å². The van der Waals surface area contributed by atoms with Crippen LogP contribution in [-0.4, -0.2) is 27.0 Å². The first-order valence-electron chi connectivity index (χ1n) is 9.02. The highest BCUT2D eigenvalue weighted by Gasteiger charge is 2.24. The van der Waals surface area contributed by atoms with Gasteiger partial charge in [-0.25, -0.2) is 9.97 Å². The molecule has 9 nitrogen and oxygen atoms in total. The molecule has 3 aromatic heterocycles. The van der Waals surface area contributed by atoms with Crippen LogP contribution in [-0.2, 0) is 0 Å². The van der Waals surface area contributed by atoms with Gasteiger partial charge in [-0.15, -0.1) is 11.3 Å². The van der Waals surface area contributed by atoms with Crippen LogP contribution >= 0.6 is 38.6 Å². The number of hydrazone groups is 1. The number of amides is 1. The average molecular weight is 528 g/mol. The number of fused-ring (bicyclic) bond motifs is 2. The summed E-state index contributed by atoms with van der Waals surface area (Å²) >= 11 is 5.96. The van der Waals surface area contributed by atoms with Crippen LogP contribution in [0.1, 0.15) is 15.6 Å². The molecule has 1 amide bonds. The van der Waals surface area contributed by atoms with Crippen LogP contribution in [0.3, 0.4) is 0 Å². The molecular weight excluding hydrogens is 518 g/mol. The Bertz CT molecular complexity index is 1490. The van der Waals surface area contributed by atoms with Gasteiger partial charge in [-0.1, -0.05) is 39.4 Å². The molecule has 0 atom stereocenters. The van der Waals surface area contributed by atoms with Gasteiger partial charge < -0.3 is 4.42 Å². The number of hydrogen-bond acceptors (Lipinski definition) is 9. The van der Waals surface area contributed by atoms with Gasteiger partial charge in [-0.05, 0) is 36.4 Å². The Hall–Kier alpha value is -3.48. The predicted octanol–water partition coefficient (Wildman–Crippen LogP) is 5.85. The van der Waals surface area contributed by atoms with Crippen molar-refractivity contribution in [3.63, 3.8) is 0 Å². The third-order valence-electron chi connectivity index (χ3n) is 4.28. The molecular formula is C20H10BrN5O4S2. The van der Waals surface area contributed by atoms with E-state index in [2.05, 4.69) is 31.0 Å². The molecule has 0 spiro atoms. The van der Waals surface area contributed by atoms with Gasteiger partial charge in [0, 0.05) is 4.47 Å². The zero-order valence-electron chi connectivity index (χ0n) is 15.8. The monoisotopic (exact) mass is 527 g/mol. The Morgan fingerprint density at radius 2 is 1.91 bits per heavy atom. The number of para-hydroxylation sites is 1. The van der Waals surface area contributed by atoms with Crippen LogP contribution in [0, 0.1) is 10.1 Å². The Kier molecular flexibility index (Phi) is 5.25. The minimum absolute atomic E-state index is 0.127. The molecule has 5 aromatic rings. The summed E-state index contributed by atoms with van der Waals surface area (Å²) in [5.41, 5.74) is 1.42. The molecule has 0 saturated heterocycles. The van der Waals surface area contributed by atoms with E-state index < -0.39 is 16.7 Å². The Morgan fingerprint density at radius 3 is 2.69 bits per heavy atom. The van der Waals surface area contributed by atoms with Gasteiger partial charge in [0.25, 0.3) is 0 Å². The molecule has 3 heterocycles. The van der Waals surface area contributed by atoms with E-state index >= 15 is 0 Å². The quantitative estimate of drug-likeness (QED) is 0.161. The number of anilines is 1. The number of halogens is 1. The molecule has 0 saturated carbocycles. The maximum Gasteiger partial charge on any atom is 0.433 e. The van der Waals surface area contributed by atoms with E-state index in [0.717, 1.165) is 18.9 Å². The summed E-state index contributed by atoms with van der Waals surface area (Å²) in [5.74, 6) is -0.760. The summed E-state index contributed by atoms with van der Waals surface area (Å²) in [4.78, 5) is 32.5. The highest BCUT2D eigenvalue weighted by Crippen LogP contribution is 2.33. The van der Waals surface area contributed by atoms with Gasteiger partial charge in [0.05, 0.1) is 32.7 Å². The van der Waals surface area contributed by atoms with Crippen molar-refractivity contribution in [3.8, 4) is 0 Å². The van der Waals surface area contributed by atoms with Crippen molar-refractivity contribution >= 4 is 82.2 Å². The van der Waals surface area contributed by atoms with Crippen molar-refractivity contribution in [1.82, 2.24) is 9.97 Å². The zero-order chi connectivity index (χ0) is 22.2. The number of furan rings is 1. The van der Waals surface area contributed by atoms with E-state index in [1.807, 2.05) is 42.5 Å². The lowest BCUT2D eigenvalue weighted by Crippen LogP contribution is -2.25. The molecule has 0 unspecified atom stereocenters. The fourth-order valence-electron chi connectivity index (χ4n) is 2.84. The fourth-order valence-corrected chi connectivity index (χ4v) is 5.21. The largest absolute Gasteiger partial charge is 0.433 e. The van der Waals surface area contributed by atoms with Crippen molar-refractivity contribution in [3.05, 3.63) is 80.0 Å². The Morgan fingerprint density at radius 1 is 1.09 bits per heavy atom. The highest BCUT2D eigenvalue weighted by atomic mass is 79.9. The Labute approximate surface area is 195 Å². The van der Waals surface area contributed by atoms with E-state index in [1.54, 1.807) is 0 Å². The molecule has 12 heteroatoms. The molecule has 32 heavy (non-hydrogen) atoms. The van der Waals surface area contributed by atoms with E-state index in [1.165, 1.54) is 41.0 Å². The van der Waals surface area contributed by atoms with Crippen LogP contribution in [0.15, 0.2) is 68.6 Å². The van der Waals surface area contributed by atoms with Crippen LogP contribution in [0.2, 0.25) is 0 Å². The second-order valence-electron chi connectivity index (χ2n) is 6.39. The van der Waals surface area contributed by atoms with Crippen molar-refractivity contribution in [2.24, 2.45) is 5.10 Å². The van der Waals surface area contributed by atoms with Crippen LogP contribution in [0.5, 0.6) is 0 Å². The summed E-state index contributed by atoms with van der Waals surface area (Å²) in [6.07, 6.45) is 1.24. The number of hydrogen-bond donors (Lipinski definition) is 0. The number of nitro groups is 1. The summed E-state index contributed by atoms with van der Waals surface area (Å²) in [7, 11) is 0. The normalized spacial score (nSPS) is 11.5. The minimum atomic E-state index is -0.646. The fraction of sp³-hybridized carbons (Fsp3) is 0. The van der Waals surface area contributed by atoms with Gasteiger partial charge in [-0.2, -0.15) is 10.1 Å². The van der Waals surface area contributed by atoms with Crippen LogP contribution < -0.4 is 5.01 Å². The standard InChI is InChI=1S/C20H10BrN5O4S2/c21-11-5-7-14-16(9-11)32-20(24-14)25(22-10-12-6-8-17(30-12)26(28)29)19(27)18-23-13-3-1-2-4-15(13)31-18/h1-10H/b22-10+. The average Bonchev–Trinajstić information content (AvgIpc) is 3.51. The molecule has 0 radical (unpaired) electrons. The van der Waals surface area contributed by atoms with E-state index in [9.17, 15) is 14.9 Å². The lowest BCUT2D eigenvalue weighted by Gasteiger charge is -2.11. The molecule has 2 aromatic carbocycles. The second-order valence-corrected chi connectivity index (χ2v) is 9.35. The Balaban J connectivity index is 1.57. The van der Waals surface area contributed by atoms with Crippen molar-refractivity contribution in [2.75, 3.05) is 5.01 Å². The molecule has 158 valence electrons. The zero-order valence-corrected chi connectivity index (χ0v) is 19.1. The topological polar surface area (TPSA) is 115 Å². The molecule has 0 N–H and O–H groups in total. The van der Waals surface area contributed by atoms with E-state index in [4.69, 9.17) is 4.42 Å². The lowest BCUT2D eigenvalue weighted by atomic mass is 10.3. The number of nitrogens with zero attached hydrogens (tertiary/aromatic N) is 5. The number of carbonyl (C=O) groups excluding carboxylic acids is 1. The third-order valence-corrected chi connectivity index (χ3v) is 6.79. The number of carbonyl (C=O) groups is 1. The van der Waals surface area contributed by atoms with Gasteiger partial charge in [0.1, 0.15) is 4.92 Å². The minimum Gasteiger partial charge on any atom is -0.400 e. The van der Waals surface area contributed by atoms with Gasteiger partial charge in [0.15, 0.2) is 10.8 Å². The van der Waals surface area contributed by atoms with Gasteiger partial charge in [-0.3, -0.25) is 14.9 Å². The van der Waals surface area contributed by atoms with Gasteiger partial charge >= 0.3 is 11.8 Å². The van der Waals surface area contributed by atoms with Crippen molar-refractivity contribution in [1.29, 1.82) is 0 Å². The molecule has 5 rings (SSSR count). The second kappa shape index (κ2) is 8.22. The van der Waals surface area contributed by atoms with Crippen molar-refractivity contribution in [2.45, 2.75) is 0 Å². The number of aromatic nitrogens is 2. The maximum atomic E-state index is 13.4. The van der Waals surface area contributed by atoms with Gasteiger partial charge in [0.2, 0.25) is 5.13 Å². The molecule has 0 fully saturated rings.